The molecule has 3 rings (SSSR count). The lowest BCUT2D eigenvalue weighted by Gasteiger charge is -2.27. The number of carboxylic acid groups (broad SMARTS) is 1. The molecular formula is C19H18Br2N2O6S. The molecule has 2 aliphatic heterocycles. The maximum atomic E-state index is 12.7. The number of ether oxygens (including phenoxy) is 1. The van der Waals surface area contributed by atoms with Crippen LogP contribution in [0.3, 0.4) is 0 Å². The van der Waals surface area contributed by atoms with Gasteiger partial charge < -0.3 is 14.7 Å². The Balaban J connectivity index is 1.73. The highest BCUT2D eigenvalue weighted by Crippen LogP contribution is 2.37. The van der Waals surface area contributed by atoms with Crippen LogP contribution in [0.1, 0.15) is 24.8 Å². The first kappa shape index (κ1) is 22.8. The van der Waals surface area contributed by atoms with E-state index in [1.807, 2.05) is 0 Å². The van der Waals surface area contributed by atoms with Crippen molar-refractivity contribution in [3.63, 3.8) is 0 Å². The third-order valence-electron chi connectivity index (χ3n) is 4.53. The second-order valence-electron chi connectivity index (χ2n) is 6.71. The molecule has 30 heavy (non-hydrogen) atoms. The van der Waals surface area contributed by atoms with Gasteiger partial charge in [0.05, 0.1) is 13.9 Å². The van der Waals surface area contributed by atoms with Crippen LogP contribution >= 0.6 is 43.6 Å². The maximum Gasteiger partial charge on any atom is 0.341 e. The fraction of sp³-hybridized carbons (Fsp3) is 0.368. The zero-order chi connectivity index (χ0) is 21.8. The van der Waals surface area contributed by atoms with Gasteiger partial charge in [0.15, 0.2) is 6.61 Å². The van der Waals surface area contributed by atoms with Crippen molar-refractivity contribution in [3.05, 3.63) is 31.5 Å². The lowest BCUT2D eigenvalue weighted by molar-refractivity contribution is -0.139. The number of hydrogen-bond acceptors (Lipinski definition) is 6. The molecule has 2 fully saturated rings. The molecule has 0 aliphatic carbocycles. The predicted octanol–water partition coefficient (Wildman–Crippen LogP) is 3.72. The van der Waals surface area contributed by atoms with Gasteiger partial charge in [-0.15, -0.1) is 0 Å². The first-order chi connectivity index (χ1) is 14.3. The van der Waals surface area contributed by atoms with E-state index < -0.39 is 23.7 Å². The van der Waals surface area contributed by atoms with Gasteiger partial charge in [-0.25, -0.2) is 4.79 Å². The highest BCUT2D eigenvalue weighted by molar-refractivity contribution is 9.11. The highest BCUT2D eigenvalue weighted by Gasteiger charge is 2.37. The summed E-state index contributed by atoms with van der Waals surface area (Å²) in [5.74, 6) is -1.52. The molecule has 1 aromatic rings. The summed E-state index contributed by atoms with van der Waals surface area (Å²) in [4.78, 5) is 51.0. The molecular weight excluding hydrogens is 544 g/mol. The number of likely N-dealkylation sites (tertiary alicyclic amines) is 1. The molecule has 1 aromatic carbocycles. The number of benzene rings is 1. The summed E-state index contributed by atoms with van der Waals surface area (Å²) < 4.78 is 6.20. The van der Waals surface area contributed by atoms with Crippen molar-refractivity contribution in [1.82, 2.24) is 9.80 Å². The van der Waals surface area contributed by atoms with Crippen LogP contribution in [0.15, 0.2) is 26.0 Å². The van der Waals surface area contributed by atoms with Gasteiger partial charge >= 0.3 is 5.97 Å². The van der Waals surface area contributed by atoms with Crippen molar-refractivity contribution in [2.75, 3.05) is 26.2 Å². The number of halogens is 2. The first-order valence-electron chi connectivity index (χ1n) is 9.13. The molecule has 0 unspecified atom stereocenters. The Hall–Kier alpha value is -1.85. The summed E-state index contributed by atoms with van der Waals surface area (Å²) in [6, 6.07) is 3.30. The number of piperidine rings is 1. The molecule has 160 valence electrons. The van der Waals surface area contributed by atoms with E-state index in [0.29, 0.717) is 33.3 Å². The molecule has 0 saturated carbocycles. The largest absolute Gasteiger partial charge is 0.480 e. The minimum atomic E-state index is -1.11. The van der Waals surface area contributed by atoms with E-state index in [2.05, 4.69) is 31.9 Å². The minimum absolute atomic E-state index is 0.212. The Morgan fingerprint density at radius 2 is 1.77 bits per heavy atom. The van der Waals surface area contributed by atoms with E-state index in [9.17, 15) is 19.2 Å². The van der Waals surface area contributed by atoms with E-state index in [4.69, 9.17) is 9.84 Å². The smallest absolute Gasteiger partial charge is 0.341 e. The van der Waals surface area contributed by atoms with Gasteiger partial charge in [-0.2, -0.15) is 0 Å². The molecule has 0 radical (unpaired) electrons. The molecule has 11 heteroatoms. The number of rotatable bonds is 6. The van der Waals surface area contributed by atoms with E-state index in [1.165, 1.54) is 0 Å². The molecule has 0 atom stereocenters. The Bertz CT molecular complexity index is 907. The molecule has 0 bridgehead atoms. The van der Waals surface area contributed by atoms with Crippen LogP contribution < -0.4 is 4.74 Å². The van der Waals surface area contributed by atoms with Crippen LogP contribution in [0, 0.1) is 0 Å². The number of thioether (sulfide) groups is 1. The number of aliphatic carboxylic acids is 1. The third kappa shape index (κ3) is 5.44. The van der Waals surface area contributed by atoms with Crippen molar-refractivity contribution in [2.45, 2.75) is 19.3 Å². The highest BCUT2D eigenvalue weighted by atomic mass is 79.9. The monoisotopic (exact) mass is 560 g/mol. The van der Waals surface area contributed by atoms with Gasteiger partial charge in [-0.3, -0.25) is 19.3 Å². The predicted molar refractivity (Wildman–Crippen MR) is 118 cm³/mol. The average Bonchev–Trinajstić information content (AvgIpc) is 2.95. The Kier molecular flexibility index (Phi) is 7.59. The van der Waals surface area contributed by atoms with Crippen LogP contribution in [0.5, 0.6) is 5.75 Å². The van der Waals surface area contributed by atoms with Gasteiger partial charge in [-0.1, -0.05) is 0 Å². The van der Waals surface area contributed by atoms with Gasteiger partial charge in [0, 0.05) is 13.1 Å². The van der Waals surface area contributed by atoms with Crippen molar-refractivity contribution in [1.29, 1.82) is 0 Å². The number of hydrogen-bond donors (Lipinski definition) is 1. The topological polar surface area (TPSA) is 104 Å². The van der Waals surface area contributed by atoms with Gasteiger partial charge in [0.2, 0.25) is 5.91 Å². The molecule has 2 aliphatic rings. The second kappa shape index (κ2) is 9.97. The number of carbonyl (C=O) groups is 4. The number of carboxylic acids is 1. The van der Waals surface area contributed by atoms with E-state index in [1.54, 1.807) is 23.1 Å². The number of imide groups is 1. The van der Waals surface area contributed by atoms with Crippen LogP contribution in [0.4, 0.5) is 4.79 Å². The molecule has 0 spiro atoms. The quantitative estimate of drug-likeness (QED) is 0.528. The summed E-state index contributed by atoms with van der Waals surface area (Å²) in [5.41, 5.74) is 0.601. The van der Waals surface area contributed by atoms with Crippen molar-refractivity contribution < 1.29 is 29.0 Å². The third-order valence-corrected chi connectivity index (χ3v) is 6.62. The molecule has 8 nitrogen and oxygen atoms in total. The second-order valence-corrected chi connectivity index (χ2v) is 9.41. The first-order valence-corrected chi connectivity index (χ1v) is 11.5. The summed E-state index contributed by atoms with van der Waals surface area (Å²) in [6.07, 6.45) is 4.50. The molecule has 1 N–H and O–H groups in total. The van der Waals surface area contributed by atoms with Crippen molar-refractivity contribution in [2.24, 2.45) is 0 Å². The molecule has 2 saturated heterocycles. The van der Waals surface area contributed by atoms with Crippen LogP contribution in [-0.2, 0) is 14.4 Å². The zero-order valence-corrected chi connectivity index (χ0v) is 19.7. The summed E-state index contributed by atoms with van der Waals surface area (Å²) in [6.45, 7) is 0.560. The Morgan fingerprint density at radius 3 is 2.37 bits per heavy atom. The maximum absolute atomic E-state index is 12.7. The fourth-order valence-electron chi connectivity index (χ4n) is 3.10. The molecule has 3 amide bonds. The number of carbonyl (C=O) groups excluding carboxylic acids is 3. The summed E-state index contributed by atoms with van der Waals surface area (Å²) in [7, 11) is 0. The SMILES string of the molecule is O=C(O)COc1c(Br)cc(/C=C2\SC(=O)N(CC(=O)N3CCCCC3)C2=O)cc1Br. The number of amides is 3. The van der Waals surface area contributed by atoms with Crippen LogP contribution in [0.25, 0.3) is 6.08 Å². The van der Waals surface area contributed by atoms with Crippen molar-refractivity contribution in [3.8, 4) is 5.75 Å². The molecule has 2 heterocycles. The van der Waals surface area contributed by atoms with E-state index >= 15 is 0 Å². The Labute approximate surface area is 193 Å². The zero-order valence-electron chi connectivity index (χ0n) is 15.7. The lowest BCUT2D eigenvalue weighted by atomic mass is 10.1. The van der Waals surface area contributed by atoms with Crippen LogP contribution in [0.2, 0.25) is 0 Å². The number of nitrogens with zero attached hydrogens (tertiary/aromatic N) is 2. The minimum Gasteiger partial charge on any atom is -0.480 e. The summed E-state index contributed by atoms with van der Waals surface area (Å²) >= 11 is 7.42. The van der Waals surface area contributed by atoms with Gasteiger partial charge in [0.25, 0.3) is 11.1 Å². The van der Waals surface area contributed by atoms with Gasteiger partial charge in [-0.05, 0) is 86.7 Å². The van der Waals surface area contributed by atoms with E-state index in [-0.39, 0.29) is 17.4 Å². The summed E-state index contributed by atoms with van der Waals surface area (Å²) in [5, 5.41) is 8.28. The normalized spacial score (nSPS) is 18.3. The lowest BCUT2D eigenvalue weighted by Crippen LogP contribution is -2.44. The fourth-order valence-corrected chi connectivity index (χ4v) is 5.39. The Morgan fingerprint density at radius 1 is 1.13 bits per heavy atom. The van der Waals surface area contributed by atoms with Gasteiger partial charge in [0.1, 0.15) is 12.3 Å². The van der Waals surface area contributed by atoms with Crippen molar-refractivity contribution >= 4 is 72.7 Å². The standard InChI is InChI=1S/C19H18Br2N2O6S/c20-12-6-11(7-13(21)17(12)29-10-16(25)26)8-14-18(27)23(19(28)30-14)9-15(24)22-4-2-1-3-5-22/h6-8H,1-5,9-10H2,(H,25,26)/b14-8-. The van der Waals surface area contributed by atoms with E-state index in [0.717, 1.165) is 35.9 Å². The average molecular weight is 562 g/mol. The van der Waals surface area contributed by atoms with Crippen LogP contribution in [-0.4, -0.2) is 64.2 Å². The molecule has 0 aromatic heterocycles.